The fourth-order valence-corrected chi connectivity index (χ4v) is 1.26. The minimum Gasteiger partial charge on any atom is -0.382 e. The lowest BCUT2D eigenvalue weighted by Crippen LogP contribution is -2.44. The molecule has 0 bridgehead atoms. The van der Waals surface area contributed by atoms with E-state index in [4.69, 9.17) is 5.11 Å². The van der Waals surface area contributed by atoms with Crippen molar-refractivity contribution in [1.82, 2.24) is 4.90 Å². The van der Waals surface area contributed by atoms with E-state index in [0.717, 1.165) is 0 Å². The number of rotatable bonds is 2. The van der Waals surface area contributed by atoms with Crippen LogP contribution in [0.15, 0.2) is 11.1 Å². The number of hydrogen-bond acceptors (Lipinski definition) is 3. The lowest BCUT2D eigenvalue weighted by atomic mass is 10.2. The summed E-state index contributed by atoms with van der Waals surface area (Å²) in [5.41, 5.74) is 0.221. The number of halogens is 3. The molecule has 7 heteroatoms. The van der Waals surface area contributed by atoms with Gasteiger partial charge < -0.3 is 5.11 Å². The number of hydrogen-bond donors (Lipinski definition) is 1. The number of carbonyl (C=O) groups excluding carboxylic acids is 2. The Bertz CT molecular complexity index is 349. The van der Waals surface area contributed by atoms with E-state index >= 15 is 0 Å². The molecule has 1 unspecified atom stereocenters. The molecule has 1 aliphatic rings. The van der Waals surface area contributed by atoms with Crippen molar-refractivity contribution >= 4 is 11.8 Å². The van der Waals surface area contributed by atoms with Crippen molar-refractivity contribution in [2.45, 2.75) is 26.1 Å². The Morgan fingerprint density at radius 2 is 1.56 bits per heavy atom. The smallest absolute Gasteiger partial charge is 0.382 e. The van der Waals surface area contributed by atoms with E-state index < -0.39 is 30.6 Å². The maximum atomic E-state index is 12.0. The fraction of sp³-hybridized carbons (Fsp3) is 0.556. The first kappa shape index (κ1) is 12.7. The summed E-state index contributed by atoms with van der Waals surface area (Å²) >= 11 is 0. The first-order valence-electron chi connectivity index (χ1n) is 4.44. The molecule has 0 saturated heterocycles. The number of nitrogens with zero attached hydrogens (tertiary/aromatic N) is 1. The molecule has 0 radical (unpaired) electrons. The summed E-state index contributed by atoms with van der Waals surface area (Å²) in [6, 6.07) is 0. The second kappa shape index (κ2) is 3.89. The molecule has 0 aromatic heterocycles. The number of carbonyl (C=O) groups is 2. The predicted octanol–water partition coefficient (Wildman–Crippen LogP) is 0.615. The molecule has 0 aromatic carbocycles. The van der Waals surface area contributed by atoms with E-state index in [1.54, 1.807) is 0 Å². The Hall–Kier alpha value is -1.37. The van der Waals surface area contributed by atoms with Crippen molar-refractivity contribution in [3.05, 3.63) is 11.1 Å². The SMILES string of the molecule is CC1=C(C)C(=O)N(CC(O)C(F)(F)F)C1=O. The van der Waals surface area contributed by atoms with Gasteiger partial charge in [-0.1, -0.05) is 0 Å². The summed E-state index contributed by atoms with van der Waals surface area (Å²) in [5.74, 6) is -1.57. The summed E-state index contributed by atoms with van der Waals surface area (Å²) in [6.07, 6.45) is -7.55. The quantitative estimate of drug-likeness (QED) is 0.716. The molecular formula is C9H10F3NO3. The van der Waals surface area contributed by atoms with Crippen LogP contribution in [0.2, 0.25) is 0 Å². The molecule has 1 atom stereocenters. The average Bonchev–Trinajstić information content (AvgIpc) is 2.34. The zero-order chi connectivity index (χ0) is 12.7. The maximum Gasteiger partial charge on any atom is 0.416 e. The number of amides is 2. The van der Waals surface area contributed by atoms with Crippen molar-refractivity contribution < 1.29 is 27.9 Å². The van der Waals surface area contributed by atoms with Gasteiger partial charge in [0.05, 0.1) is 6.54 Å². The summed E-state index contributed by atoms with van der Waals surface area (Å²) in [7, 11) is 0. The minimum atomic E-state index is -4.84. The molecule has 2 amide bonds. The molecule has 0 spiro atoms. The van der Waals surface area contributed by atoms with Crippen molar-refractivity contribution in [2.24, 2.45) is 0 Å². The Labute approximate surface area is 89.3 Å². The molecule has 0 aliphatic carbocycles. The normalized spacial score (nSPS) is 19.8. The standard InChI is InChI=1S/C9H10F3NO3/c1-4-5(2)8(16)13(7(4)15)3-6(14)9(10,11)12/h6,14H,3H2,1-2H3. The molecule has 90 valence electrons. The van der Waals surface area contributed by atoms with Crippen LogP contribution in [0.1, 0.15) is 13.8 Å². The van der Waals surface area contributed by atoms with Crippen LogP contribution in [0, 0.1) is 0 Å². The number of aliphatic hydroxyl groups is 1. The molecule has 16 heavy (non-hydrogen) atoms. The largest absolute Gasteiger partial charge is 0.416 e. The number of alkyl halides is 3. The highest BCUT2D eigenvalue weighted by molar-refractivity contribution is 6.18. The van der Waals surface area contributed by atoms with Gasteiger partial charge in [-0.3, -0.25) is 14.5 Å². The van der Waals surface area contributed by atoms with Gasteiger partial charge in [0.1, 0.15) is 0 Å². The number of imide groups is 1. The van der Waals surface area contributed by atoms with E-state index in [1.165, 1.54) is 13.8 Å². The summed E-state index contributed by atoms with van der Waals surface area (Å²) in [5, 5.41) is 8.76. The monoisotopic (exact) mass is 237 g/mol. The van der Waals surface area contributed by atoms with Gasteiger partial charge in [0, 0.05) is 11.1 Å². The van der Waals surface area contributed by atoms with Crippen LogP contribution in [0.25, 0.3) is 0 Å². The van der Waals surface area contributed by atoms with Crippen LogP contribution < -0.4 is 0 Å². The van der Waals surface area contributed by atoms with E-state index in [1.807, 2.05) is 0 Å². The summed E-state index contributed by atoms with van der Waals surface area (Å²) < 4.78 is 36.1. The van der Waals surface area contributed by atoms with E-state index in [-0.39, 0.29) is 11.1 Å². The third-order valence-electron chi connectivity index (χ3n) is 2.43. The van der Waals surface area contributed by atoms with Crippen molar-refractivity contribution in [3.63, 3.8) is 0 Å². The molecule has 1 aliphatic heterocycles. The van der Waals surface area contributed by atoms with Crippen molar-refractivity contribution in [1.29, 1.82) is 0 Å². The summed E-state index contributed by atoms with van der Waals surface area (Å²) in [6.45, 7) is 1.65. The molecule has 1 N–H and O–H groups in total. The predicted molar refractivity (Wildman–Crippen MR) is 47.2 cm³/mol. The van der Waals surface area contributed by atoms with Gasteiger partial charge in [0.2, 0.25) is 0 Å². The highest BCUT2D eigenvalue weighted by Gasteiger charge is 2.43. The average molecular weight is 237 g/mol. The van der Waals surface area contributed by atoms with Gasteiger partial charge in [-0.25, -0.2) is 0 Å². The Morgan fingerprint density at radius 3 is 1.88 bits per heavy atom. The fourth-order valence-electron chi connectivity index (χ4n) is 1.26. The second-order valence-electron chi connectivity index (χ2n) is 3.53. The topological polar surface area (TPSA) is 57.6 Å². The Kier molecular flexibility index (Phi) is 3.09. The van der Waals surface area contributed by atoms with Crippen LogP contribution in [0.3, 0.4) is 0 Å². The van der Waals surface area contributed by atoms with Crippen molar-refractivity contribution in [3.8, 4) is 0 Å². The van der Waals surface area contributed by atoms with E-state index in [0.29, 0.717) is 4.90 Å². The number of β-amino-alcohol motifs (C(OH)–C–C–N with tert-alkyl or cyclic N) is 1. The third kappa shape index (κ3) is 2.08. The van der Waals surface area contributed by atoms with Crippen LogP contribution in [-0.4, -0.2) is 40.6 Å². The molecule has 0 fully saturated rings. The highest BCUT2D eigenvalue weighted by Crippen LogP contribution is 2.25. The first-order chi connectivity index (χ1) is 7.16. The van der Waals surface area contributed by atoms with Gasteiger partial charge >= 0.3 is 6.18 Å². The number of aliphatic hydroxyl groups excluding tert-OH is 1. The molecule has 1 heterocycles. The summed E-state index contributed by atoms with van der Waals surface area (Å²) in [4.78, 5) is 23.1. The molecule has 4 nitrogen and oxygen atoms in total. The van der Waals surface area contributed by atoms with Crippen LogP contribution in [0.4, 0.5) is 13.2 Å². The van der Waals surface area contributed by atoms with Gasteiger partial charge in [-0.05, 0) is 13.8 Å². The molecule has 0 saturated carbocycles. The molecular weight excluding hydrogens is 227 g/mol. The minimum absolute atomic E-state index is 0.111. The Balaban J connectivity index is 2.80. The molecule has 0 aromatic rings. The van der Waals surface area contributed by atoms with E-state index in [9.17, 15) is 22.8 Å². The zero-order valence-electron chi connectivity index (χ0n) is 8.63. The Morgan fingerprint density at radius 1 is 1.19 bits per heavy atom. The van der Waals surface area contributed by atoms with Crippen LogP contribution in [-0.2, 0) is 9.59 Å². The lowest BCUT2D eigenvalue weighted by Gasteiger charge is -2.20. The van der Waals surface area contributed by atoms with Crippen LogP contribution in [0.5, 0.6) is 0 Å². The van der Waals surface area contributed by atoms with Crippen LogP contribution >= 0.6 is 0 Å². The van der Waals surface area contributed by atoms with Gasteiger partial charge in [-0.2, -0.15) is 13.2 Å². The van der Waals surface area contributed by atoms with Gasteiger partial charge in [0.15, 0.2) is 6.10 Å². The van der Waals surface area contributed by atoms with Gasteiger partial charge in [-0.15, -0.1) is 0 Å². The maximum absolute atomic E-state index is 12.0. The lowest BCUT2D eigenvalue weighted by molar-refractivity contribution is -0.207. The van der Waals surface area contributed by atoms with Crippen molar-refractivity contribution in [2.75, 3.05) is 6.54 Å². The highest BCUT2D eigenvalue weighted by atomic mass is 19.4. The van der Waals surface area contributed by atoms with E-state index in [2.05, 4.69) is 0 Å². The first-order valence-corrected chi connectivity index (χ1v) is 4.44. The van der Waals surface area contributed by atoms with Gasteiger partial charge in [0.25, 0.3) is 11.8 Å². The molecule has 1 rings (SSSR count). The second-order valence-corrected chi connectivity index (χ2v) is 3.53. The third-order valence-corrected chi connectivity index (χ3v) is 2.43. The zero-order valence-corrected chi connectivity index (χ0v) is 8.63.